The molecular formula is C20H30N4O3. The van der Waals surface area contributed by atoms with E-state index in [1.54, 1.807) is 4.90 Å². The van der Waals surface area contributed by atoms with Crippen molar-refractivity contribution in [2.75, 3.05) is 52.4 Å². The van der Waals surface area contributed by atoms with Gasteiger partial charge in [-0.2, -0.15) is 0 Å². The van der Waals surface area contributed by atoms with Crippen molar-refractivity contribution in [2.24, 2.45) is 0 Å². The summed E-state index contributed by atoms with van der Waals surface area (Å²) < 4.78 is 5.02. The number of ether oxygens (including phenoxy) is 1. The van der Waals surface area contributed by atoms with E-state index in [9.17, 15) is 9.59 Å². The van der Waals surface area contributed by atoms with Gasteiger partial charge in [0, 0.05) is 51.9 Å². The van der Waals surface area contributed by atoms with E-state index in [-0.39, 0.29) is 18.0 Å². The lowest BCUT2D eigenvalue weighted by molar-refractivity contribution is -0.123. The molecule has 0 radical (unpaired) electrons. The van der Waals surface area contributed by atoms with Crippen LogP contribution in [-0.2, 0) is 16.1 Å². The van der Waals surface area contributed by atoms with Gasteiger partial charge in [-0.25, -0.2) is 4.79 Å². The SMILES string of the molecule is CCOC(=O)N1CCN(CC(=O)N[C@@H]2CCN(Cc3ccccc3)C2)CC1. The van der Waals surface area contributed by atoms with Crippen LogP contribution in [0.15, 0.2) is 30.3 Å². The van der Waals surface area contributed by atoms with E-state index in [0.29, 0.717) is 39.3 Å². The van der Waals surface area contributed by atoms with Crippen molar-refractivity contribution >= 4 is 12.0 Å². The van der Waals surface area contributed by atoms with Crippen LogP contribution in [0.25, 0.3) is 0 Å². The number of likely N-dealkylation sites (tertiary alicyclic amines) is 1. The topological polar surface area (TPSA) is 65.1 Å². The molecule has 2 aliphatic heterocycles. The molecule has 0 aromatic heterocycles. The molecule has 2 amide bonds. The molecule has 2 fully saturated rings. The molecule has 148 valence electrons. The number of benzene rings is 1. The van der Waals surface area contributed by atoms with E-state index in [2.05, 4.69) is 39.4 Å². The van der Waals surface area contributed by atoms with E-state index in [1.807, 2.05) is 13.0 Å². The first-order valence-corrected chi connectivity index (χ1v) is 9.83. The zero-order valence-corrected chi connectivity index (χ0v) is 16.1. The van der Waals surface area contributed by atoms with Crippen LogP contribution in [0, 0.1) is 0 Å². The third kappa shape index (κ3) is 5.94. The van der Waals surface area contributed by atoms with Gasteiger partial charge >= 0.3 is 6.09 Å². The Morgan fingerprint density at radius 3 is 2.52 bits per heavy atom. The second-order valence-electron chi connectivity index (χ2n) is 7.24. The van der Waals surface area contributed by atoms with Crippen molar-refractivity contribution in [1.29, 1.82) is 0 Å². The molecule has 2 heterocycles. The molecule has 2 aliphatic rings. The largest absolute Gasteiger partial charge is 0.450 e. The number of nitrogens with one attached hydrogen (secondary N) is 1. The molecule has 1 atom stereocenters. The number of piperazine rings is 1. The van der Waals surface area contributed by atoms with Gasteiger partial charge in [0.25, 0.3) is 0 Å². The van der Waals surface area contributed by atoms with E-state index >= 15 is 0 Å². The van der Waals surface area contributed by atoms with Gasteiger partial charge in [-0.15, -0.1) is 0 Å². The number of nitrogens with zero attached hydrogens (tertiary/aromatic N) is 3. The van der Waals surface area contributed by atoms with Crippen LogP contribution in [0.2, 0.25) is 0 Å². The fraction of sp³-hybridized carbons (Fsp3) is 0.600. The van der Waals surface area contributed by atoms with Crippen LogP contribution in [0.3, 0.4) is 0 Å². The predicted molar refractivity (Wildman–Crippen MR) is 103 cm³/mol. The van der Waals surface area contributed by atoms with Gasteiger partial charge in [0.1, 0.15) is 0 Å². The summed E-state index contributed by atoms with van der Waals surface area (Å²) in [5, 5.41) is 3.17. The average molecular weight is 374 g/mol. The normalized spacial score (nSPS) is 21.2. The second kappa shape index (κ2) is 9.71. The molecule has 1 aromatic carbocycles. The summed E-state index contributed by atoms with van der Waals surface area (Å²) in [6, 6.07) is 10.7. The van der Waals surface area contributed by atoms with Crippen LogP contribution >= 0.6 is 0 Å². The molecular weight excluding hydrogens is 344 g/mol. The summed E-state index contributed by atoms with van der Waals surface area (Å²) in [5.41, 5.74) is 1.31. The standard InChI is InChI=1S/C20H30N4O3/c1-2-27-20(26)24-12-10-22(11-13-24)16-19(25)21-18-8-9-23(15-18)14-17-6-4-3-5-7-17/h3-7,18H,2,8-16H2,1H3,(H,21,25)/t18-/m1/s1. The minimum Gasteiger partial charge on any atom is -0.450 e. The van der Waals surface area contributed by atoms with E-state index in [1.165, 1.54) is 5.56 Å². The second-order valence-corrected chi connectivity index (χ2v) is 7.24. The zero-order valence-electron chi connectivity index (χ0n) is 16.1. The van der Waals surface area contributed by atoms with E-state index < -0.39 is 0 Å². The Morgan fingerprint density at radius 2 is 1.81 bits per heavy atom. The van der Waals surface area contributed by atoms with Gasteiger partial charge in [-0.1, -0.05) is 30.3 Å². The monoisotopic (exact) mass is 374 g/mol. The summed E-state index contributed by atoms with van der Waals surface area (Å²) in [6.45, 7) is 8.08. The molecule has 0 bridgehead atoms. The molecule has 0 aliphatic carbocycles. The first-order valence-electron chi connectivity index (χ1n) is 9.83. The van der Waals surface area contributed by atoms with Gasteiger partial charge in [-0.05, 0) is 18.9 Å². The Hall–Kier alpha value is -2.12. The molecule has 7 nitrogen and oxygen atoms in total. The quantitative estimate of drug-likeness (QED) is 0.809. The third-order valence-electron chi connectivity index (χ3n) is 5.15. The van der Waals surface area contributed by atoms with Gasteiger partial charge in [0.05, 0.1) is 13.2 Å². The Kier molecular flexibility index (Phi) is 7.06. The Morgan fingerprint density at radius 1 is 1.07 bits per heavy atom. The number of carbonyl (C=O) groups excluding carboxylic acids is 2. The van der Waals surface area contributed by atoms with E-state index in [4.69, 9.17) is 4.74 Å². The van der Waals surface area contributed by atoms with Gasteiger partial charge in [0.2, 0.25) is 5.91 Å². The first-order chi connectivity index (χ1) is 13.1. The zero-order chi connectivity index (χ0) is 19.1. The third-order valence-corrected chi connectivity index (χ3v) is 5.15. The van der Waals surface area contributed by atoms with Crippen molar-refractivity contribution in [3.63, 3.8) is 0 Å². The lowest BCUT2D eigenvalue weighted by atomic mass is 10.2. The van der Waals surface area contributed by atoms with E-state index in [0.717, 1.165) is 26.1 Å². The van der Waals surface area contributed by atoms with Gasteiger partial charge in [-0.3, -0.25) is 14.6 Å². The fourth-order valence-electron chi connectivity index (χ4n) is 3.72. The van der Waals surface area contributed by atoms with Crippen molar-refractivity contribution in [2.45, 2.75) is 25.9 Å². The Labute approximate surface area is 161 Å². The number of rotatable bonds is 6. The van der Waals surface area contributed by atoms with Crippen molar-refractivity contribution in [3.8, 4) is 0 Å². The number of amides is 2. The molecule has 1 aromatic rings. The molecule has 1 N–H and O–H groups in total. The lowest BCUT2D eigenvalue weighted by Crippen LogP contribution is -2.52. The lowest BCUT2D eigenvalue weighted by Gasteiger charge is -2.33. The molecule has 0 spiro atoms. The van der Waals surface area contributed by atoms with Crippen LogP contribution in [0.5, 0.6) is 0 Å². The molecule has 0 unspecified atom stereocenters. The summed E-state index contributed by atoms with van der Waals surface area (Å²) in [6.07, 6.45) is 0.737. The molecule has 27 heavy (non-hydrogen) atoms. The van der Waals surface area contributed by atoms with Crippen molar-refractivity contribution in [3.05, 3.63) is 35.9 Å². The van der Waals surface area contributed by atoms with Crippen LogP contribution in [-0.4, -0.2) is 85.2 Å². The molecule has 3 rings (SSSR count). The number of carbonyl (C=O) groups is 2. The first kappa shape index (κ1) is 19.6. The van der Waals surface area contributed by atoms with Crippen molar-refractivity contribution < 1.29 is 14.3 Å². The maximum Gasteiger partial charge on any atom is 0.409 e. The van der Waals surface area contributed by atoms with Crippen molar-refractivity contribution in [1.82, 2.24) is 20.0 Å². The van der Waals surface area contributed by atoms with Gasteiger partial charge < -0.3 is 15.0 Å². The van der Waals surface area contributed by atoms with Crippen LogP contribution in [0.1, 0.15) is 18.9 Å². The molecule has 7 heteroatoms. The minimum absolute atomic E-state index is 0.0751. The fourth-order valence-corrected chi connectivity index (χ4v) is 3.72. The summed E-state index contributed by atoms with van der Waals surface area (Å²) in [5.74, 6) is 0.0751. The number of hydrogen-bond acceptors (Lipinski definition) is 5. The highest BCUT2D eigenvalue weighted by atomic mass is 16.6. The highest BCUT2D eigenvalue weighted by molar-refractivity contribution is 5.78. The highest BCUT2D eigenvalue weighted by Gasteiger charge is 2.26. The smallest absolute Gasteiger partial charge is 0.409 e. The predicted octanol–water partition coefficient (Wildman–Crippen LogP) is 1.15. The van der Waals surface area contributed by atoms with Crippen LogP contribution in [0.4, 0.5) is 4.79 Å². The Balaban J connectivity index is 1.35. The molecule has 2 saturated heterocycles. The Bertz CT molecular complexity index is 617. The van der Waals surface area contributed by atoms with Crippen LogP contribution < -0.4 is 5.32 Å². The minimum atomic E-state index is -0.258. The summed E-state index contributed by atoms with van der Waals surface area (Å²) >= 11 is 0. The van der Waals surface area contributed by atoms with Gasteiger partial charge in [0.15, 0.2) is 0 Å². The molecule has 0 saturated carbocycles. The summed E-state index contributed by atoms with van der Waals surface area (Å²) in [7, 11) is 0. The highest BCUT2D eigenvalue weighted by Crippen LogP contribution is 2.13. The maximum atomic E-state index is 12.4. The number of hydrogen-bond donors (Lipinski definition) is 1. The maximum absolute atomic E-state index is 12.4. The summed E-state index contributed by atoms with van der Waals surface area (Å²) in [4.78, 5) is 30.3. The average Bonchev–Trinajstić information content (AvgIpc) is 3.10.